The Bertz CT molecular complexity index is 288. The number of pyridine rings is 1. The largest absolute Gasteiger partial charge is 0.399 e. The number of aromatic nitrogens is 1. The van der Waals surface area contributed by atoms with Gasteiger partial charge in [0.15, 0.2) is 0 Å². The van der Waals surface area contributed by atoms with Crippen molar-refractivity contribution in [3.8, 4) is 0 Å². The van der Waals surface area contributed by atoms with Crippen molar-refractivity contribution in [2.24, 2.45) is 0 Å². The van der Waals surface area contributed by atoms with Gasteiger partial charge in [-0.1, -0.05) is 6.08 Å². The lowest BCUT2D eigenvalue weighted by molar-refractivity contribution is 1.17. The fourth-order valence-corrected chi connectivity index (χ4v) is 1.54. The zero-order valence-corrected chi connectivity index (χ0v) is 8.89. The average Bonchev–Trinajstić information content (AvgIpc) is 2.18. The van der Waals surface area contributed by atoms with Crippen molar-refractivity contribution >= 4 is 23.3 Å². The van der Waals surface area contributed by atoms with Crippen LogP contribution in [0.15, 0.2) is 31.0 Å². The molecule has 14 heavy (non-hydrogen) atoms. The molecule has 1 rings (SSSR count). The molecule has 0 amide bonds. The van der Waals surface area contributed by atoms with Crippen LogP contribution in [-0.2, 0) is 0 Å². The highest BCUT2D eigenvalue weighted by Gasteiger charge is 1.92. The van der Waals surface area contributed by atoms with E-state index in [9.17, 15) is 0 Å². The van der Waals surface area contributed by atoms with Crippen molar-refractivity contribution in [1.29, 1.82) is 0 Å². The Hall–Kier alpha value is -1.16. The molecule has 1 aromatic heterocycles. The zero-order chi connectivity index (χ0) is 10.2. The summed E-state index contributed by atoms with van der Waals surface area (Å²) in [4.78, 5) is 4.14. The Morgan fingerprint density at radius 2 is 2.50 bits per heavy atom. The highest BCUT2D eigenvalue weighted by Crippen LogP contribution is 2.08. The van der Waals surface area contributed by atoms with Crippen LogP contribution in [-0.4, -0.2) is 23.0 Å². The lowest BCUT2D eigenvalue weighted by Crippen LogP contribution is -2.06. The molecule has 0 aromatic carbocycles. The van der Waals surface area contributed by atoms with Crippen LogP contribution in [0, 0.1) is 0 Å². The monoisotopic (exact) mass is 209 g/mol. The Morgan fingerprint density at radius 1 is 1.64 bits per heavy atom. The lowest BCUT2D eigenvalue weighted by atomic mass is 10.4. The van der Waals surface area contributed by atoms with E-state index in [1.807, 2.05) is 23.9 Å². The predicted molar refractivity (Wildman–Crippen MR) is 64.7 cm³/mol. The summed E-state index contributed by atoms with van der Waals surface area (Å²) in [5.41, 5.74) is 6.35. The maximum absolute atomic E-state index is 5.61. The number of hydrogen-bond acceptors (Lipinski definition) is 4. The van der Waals surface area contributed by atoms with Gasteiger partial charge in [0.25, 0.3) is 0 Å². The van der Waals surface area contributed by atoms with E-state index >= 15 is 0 Å². The standard InChI is InChI=1S/C10H15N3S/c1-2-6-14-7-5-13-10-8-9(11)3-4-12-10/h2-4,8H,1,5-7H2,(H3,11,12,13). The van der Waals surface area contributed by atoms with Gasteiger partial charge in [-0.15, -0.1) is 6.58 Å². The van der Waals surface area contributed by atoms with Crippen LogP contribution in [0.5, 0.6) is 0 Å². The van der Waals surface area contributed by atoms with Gasteiger partial charge >= 0.3 is 0 Å². The number of anilines is 2. The first-order valence-electron chi connectivity index (χ1n) is 4.47. The quantitative estimate of drug-likeness (QED) is 0.556. The third-order valence-electron chi connectivity index (χ3n) is 1.57. The molecule has 0 atom stereocenters. The molecule has 0 spiro atoms. The van der Waals surface area contributed by atoms with E-state index in [-0.39, 0.29) is 0 Å². The molecule has 0 aliphatic heterocycles. The first kappa shape index (κ1) is 10.9. The number of hydrogen-bond donors (Lipinski definition) is 2. The van der Waals surface area contributed by atoms with Gasteiger partial charge in [-0.05, 0) is 6.07 Å². The molecule has 3 nitrogen and oxygen atoms in total. The fraction of sp³-hybridized carbons (Fsp3) is 0.300. The molecule has 0 fully saturated rings. The van der Waals surface area contributed by atoms with Crippen LogP contribution in [0.2, 0.25) is 0 Å². The number of nitrogens with two attached hydrogens (primary N) is 1. The van der Waals surface area contributed by atoms with Crippen molar-refractivity contribution in [2.75, 3.05) is 29.1 Å². The molecule has 0 saturated carbocycles. The van der Waals surface area contributed by atoms with Crippen molar-refractivity contribution in [3.05, 3.63) is 31.0 Å². The number of nitrogens with zero attached hydrogens (tertiary/aromatic N) is 1. The van der Waals surface area contributed by atoms with Gasteiger partial charge in [-0.25, -0.2) is 4.98 Å². The Labute approximate surface area is 88.8 Å². The summed E-state index contributed by atoms with van der Waals surface area (Å²) in [6, 6.07) is 3.61. The van der Waals surface area contributed by atoms with Gasteiger partial charge in [-0.2, -0.15) is 11.8 Å². The van der Waals surface area contributed by atoms with Crippen LogP contribution in [0.3, 0.4) is 0 Å². The molecular formula is C10H15N3S. The summed E-state index contributed by atoms with van der Waals surface area (Å²) >= 11 is 1.84. The van der Waals surface area contributed by atoms with E-state index < -0.39 is 0 Å². The van der Waals surface area contributed by atoms with E-state index in [1.165, 1.54) is 0 Å². The van der Waals surface area contributed by atoms with Crippen molar-refractivity contribution in [1.82, 2.24) is 4.98 Å². The molecule has 4 heteroatoms. The first-order valence-corrected chi connectivity index (χ1v) is 5.62. The summed E-state index contributed by atoms with van der Waals surface area (Å²) in [6.07, 6.45) is 3.61. The average molecular weight is 209 g/mol. The van der Waals surface area contributed by atoms with E-state index in [0.29, 0.717) is 0 Å². The van der Waals surface area contributed by atoms with Crippen LogP contribution in [0.1, 0.15) is 0 Å². The molecule has 3 N–H and O–H groups in total. The Kier molecular flexibility index (Phi) is 4.93. The van der Waals surface area contributed by atoms with Crippen LogP contribution >= 0.6 is 11.8 Å². The van der Waals surface area contributed by atoms with E-state index in [2.05, 4.69) is 16.9 Å². The normalized spacial score (nSPS) is 9.71. The third-order valence-corrected chi connectivity index (χ3v) is 2.54. The van der Waals surface area contributed by atoms with E-state index in [1.54, 1.807) is 12.3 Å². The second-order valence-corrected chi connectivity index (χ2v) is 3.91. The highest BCUT2D eigenvalue weighted by atomic mass is 32.2. The number of nitrogen functional groups attached to an aromatic ring is 1. The lowest BCUT2D eigenvalue weighted by Gasteiger charge is -2.04. The summed E-state index contributed by atoms with van der Waals surface area (Å²) in [6.45, 7) is 4.56. The van der Waals surface area contributed by atoms with Crippen molar-refractivity contribution in [3.63, 3.8) is 0 Å². The Morgan fingerprint density at radius 3 is 3.21 bits per heavy atom. The predicted octanol–water partition coefficient (Wildman–Crippen LogP) is 1.99. The molecule has 1 aromatic rings. The summed E-state index contributed by atoms with van der Waals surface area (Å²) in [5, 5.41) is 3.20. The molecule has 0 unspecified atom stereocenters. The topological polar surface area (TPSA) is 50.9 Å². The van der Waals surface area contributed by atoms with Gasteiger partial charge in [0.2, 0.25) is 0 Å². The minimum Gasteiger partial charge on any atom is -0.399 e. The SMILES string of the molecule is C=CCSCCNc1cc(N)ccn1. The fourth-order valence-electron chi connectivity index (χ4n) is 0.961. The molecule has 1 heterocycles. The maximum atomic E-state index is 5.61. The van der Waals surface area contributed by atoms with Gasteiger partial charge in [0.05, 0.1) is 0 Å². The Balaban J connectivity index is 2.21. The van der Waals surface area contributed by atoms with Crippen LogP contribution in [0.25, 0.3) is 0 Å². The molecule has 0 radical (unpaired) electrons. The summed E-state index contributed by atoms with van der Waals surface area (Å²) in [5.74, 6) is 2.87. The molecule has 0 aliphatic carbocycles. The van der Waals surface area contributed by atoms with Crippen LogP contribution in [0.4, 0.5) is 11.5 Å². The molecule has 0 bridgehead atoms. The summed E-state index contributed by atoms with van der Waals surface area (Å²) < 4.78 is 0. The second-order valence-electron chi connectivity index (χ2n) is 2.76. The molecule has 76 valence electrons. The van der Waals surface area contributed by atoms with Crippen LogP contribution < -0.4 is 11.1 Å². The van der Waals surface area contributed by atoms with Gasteiger partial charge in [0.1, 0.15) is 5.82 Å². The van der Waals surface area contributed by atoms with Gasteiger partial charge < -0.3 is 11.1 Å². The maximum Gasteiger partial charge on any atom is 0.127 e. The molecule has 0 aliphatic rings. The number of rotatable bonds is 6. The zero-order valence-electron chi connectivity index (χ0n) is 8.07. The smallest absolute Gasteiger partial charge is 0.127 e. The first-order chi connectivity index (χ1) is 6.83. The third kappa shape index (κ3) is 4.18. The summed E-state index contributed by atoms with van der Waals surface area (Å²) in [7, 11) is 0. The highest BCUT2D eigenvalue weighted by molar-refractivity contribution is 7.99. The number of nitrogens with one attached hydrogen (secondary N) is 1. The second kappa shape index (κ2) is 6.32. The molecular weight excluding hydrogens is 194 g/mol. The molecule has 0 saturated heterocycles. The van der Waals surface area contributed by atoms with Gasteiger partial charge in [-0.3, -0.25) is 0 Å². The number of thioether (sulfide) groups is 1. The van der Waals surface area contributed by atoms with E-state index in [4.69, 9.17) is 5.73 Å². The van der Waals surface area contributed by atoms with Crippen molar-refractivity contribution < 1.29 is 0 Å². The van der Waals surface area contributed by atoms with Gasteiger partial charge in [0, 0.05) is 36.0 Å². The minimum atomic E-state index is 0.737. The minimum absolute atomic E-state index is 0.737. The van der Waals surface area contributed by atoms with Crippen molar-refractivity contribution in [2.45, 2.75) is 0 Å². The van der Waals surface area contributed by atoms with E-state index in [0.717, 1.165) is 29.6 Å².